The molecule has 1 heterocycles. The van der Waals surface area contributed by atoms with Gasteiger partial charge in [-0.3, -0.25) is 4.79 Å². The molecule has 4 rings (SSSR count). The van der Waals surface area contributed by atoms with Gasteiger partial charge >= 0.3 is 0 Å². The summed E-state index contributed by atoms with van der Waals surface area (Å²) >= 11 is 0. The Kier molecular flexibility index (Phi) is 8.93. The smallest absolute Gasteiger partial charge is 0.277 e. The number of amides is 1. The third kappa shape index (κ3) is 5.16. The second-order valence-electron chi connectivity index (χ2n) is 7.16. The van der Waals surface area contributed by atoms with Crippen LogP contribution in [0.3, 0.4) is 0 Å². The predicted octanol–water partition coefficient (Wildman–Crippen LogP) is 5.23. The quantitative estimate of drug-likeness (QED) is 0.510. The van der Waals surface area contributed by atoms with Gasteiger partial charge in [-0.15, -0.1) is 29.9 Å². The summed E-state index contributed by atoms with van der Waals surface area (Å²) in [5.74, 6) is -1.92. The Bertz CT molecular complexity index is 1120. The van der Waals surface area contributed by atoms with E-state index in [1.54, 1.807) is 30.3 Å². The van der Waals surface area contributed by atoms with Gasteiger partial charge in [0.2, 0.25) is 11.6 Å². The molecule has 3 aromatic carbocycles. The first-order valence-corrected chi connectivity index (χ1v) is 9.93. The van der Waals surface area contributed by atoms with E-state index < -0.39 is 23.3 Å². The highest BCUT2D eigenvalue weighted by atomic mass is 35.5. The summed E-state index contributed by atoms with van der Waals surface area (Å²) in [6.45, 7) is 0.356. The second kappa shape index (κ2) is 11.2. The monoisotopic (exact) mass is 493 g/mol. The maximum Gasteiger partial charge on any atom is 0.277 e. The number of benzene rings is 3. The Balaban J connectivity index is 0.00000193. The lowest BCUT2D eigenvalue weighted by atomic mass is 9.95. The summed E-state index contributed by atoms with van der Waals surface area (Å²) < 4.78 is 34.6. The highest BCUT2D eigenvalue weighted by Crippen LogP contribution is 2.41. The third-order valence-electron chi connectivity index (χ3n) is 5.12. The van der Waals surface area contributed by atoms with Crippen molar-refractivity contribution in [2.24, 2.45) is 10.8 Å². The lowest BCUT2D eigenvalue weighted by molar-refractivity contribution is -0.0594. The first kappa shape index (κ1) is 26.3. The summed E-state index contributed by atoms with van der Waals surface area (Å²) in [6, 6.07) is 20.7. The van der Waals surface area contributed by atoms with Crippen LogP contribution in [0.15, 0.2) is 84.0 Å². The molecule has 0 saturated heterocycles. The molecular formula is C24H23Cl2F2N3O2. The van der Waals surface area contributed by atoms with Gasteiger partial charge in [0.15, 0.2) is 0 Å². The van der Waals surface area contributed by atoms with Gasteiger partial charge in [-0.05, 0) is 43.3 Å². The van der Waals surface area contributed by atoms with Crippen molar-refractivity contribution in [3.63, 3.8) is 0 Å². The first-order valence-electron chi connectivity index (χ1n) is 9.93. The minimum atomic E-state index is -1.35. The summed E-state index contributed by atoms with van der Waals surface area (Å²) in [5.41, 5.74) is 5.31. The van der Waals surface area contributed by atoms with Gasteiger partial charge in [0, 0.05) is 17.5 Å². The molecule has 5 nitrogen and oxygen atoms in total. The van der Waals surface area contributed by atoms with Gasteiger partial charge in [-0.1, -0.05) is 48.5 Å². The minimum Gasteiger partial charge on any atom is -0.443 e. The molecule has 0 radical (unpaired) electrons. The number of nitrogens with two attached hydrogens (primary N) is 1. The van der Waals surface area contributed by atoms with E-state index in [4.69, 9.17) is 10.5 Å². The van der Waals surface area contributed by atoms with E-state index in [9.17, 15) is 13.6 Å². The highest BCUT2D eigenvalue weighted by Gasteiger charge is 2.50. The zero-order valence-corrected chi connectivity index (χ0v) is 19.1. The van der Waals surface area contributed by atoms with Crippen molar-refractivity contribution < 1.29 is 18.3 Å². The normalized spacial score (nSPS) is 16.8. The SMILES string of the molecule is Cl.Cl.NCCCC1(c2ccccc2)OC(c2cc(F)ccc2F)=NN1C(=O)c1ccccc1. The maximum absolute atomic E-state index is 14.5. The molecule has 3 aromatic rings. The molecule has 2 N–H and O–H groups in total. The van der Waals surface area contributed by atoms with Crippen molar-refractivity contribution in [3.8, 4) is 0 Å². The fraction of sp³-hybridized carbons (Fsp3) is 0.167. The van der Waals surface area contributed by atoms with Crippen LogP contribution in [-0.2, 0) is 10.5 Å². The summed E-state index contributed by atoms with van der Waals surface area (Å²) in [7, 11) is 0. The van der Waals surface area contributed by atoms with E-state index in [1.165, 1.54) is 5.01 Å². The first-order chi connectivity index (χ1) is 15.0. The van der Waals surface area contributed by atoms with E-state index in [0.717, 1.165) is 18.2 Å². The van der Waals surface area contributed by atoms with Gasteiger partial charge in [-0.25, -0.2) is 8.78 Å². The third-order valence-corrected chi connectivity index (χ3v) is 5.12. The van der Waals surface area contributed by atoms with Crippen LogP contribution in [0.25, 0.3) is 0 Å². The van der Waals surface area contributed by atoms with Crippen LogP contribution in [0.4, 0.5) is 8.78 Å². The Labute approximate surface area is 203 Å². The predicted molar refractivity (Wildman–Crippen MR) is 127 cm³/mol. The zero-order chi connectivity index (χ0) is 21.8. The molecule has 0 aliphatic carbocycles. The molecule has 0 bridgehead atoms. The maximum atomic E-state index is 14.5. The number of hydrazone groups is 1. The largest absolute Gasteiger partial charge is 0.443 e. The van der Waals surface area contributed by atoms with Gasteiger partial charge in [0.1, 0.15) is 11.6 Å². The molecule has 1 aliphatic rings. The molecular weight excluding hydrogens is 471 g/mol. The van der Waals surface area contributed by atoms with Gasteiger partial charge < -0.3 is 10.5 Å². The van der Waals surface area contributed by atoms with Gasteiger partial charge in [0.25, 0.3) is 5.91 Å². The number of ether oxygens (including phenoxy) is 1. The molecule has 1 unspecified atom stereocenters. The van der Waals surface area contributed by atoms with E-state index in [0.29, 0.717) is 30.5 Å². The van der Waals surface area contributed by atoms with Crippen molar-refractivity contribution in [3.05, 3.63) is 107 Å². The average molecular weight is 494 g/mol. The molecule has 174 valence electrons. The molecule has 9 heteroatoms. The van der Waals surface area contributed by atoms with Crippen molar-refractivity contribution in [1.29, 1.82) is 0 Å². The Morgan fingerprint density at radius 3 is 2.24 bits per heavy atom. The van der Waals surface area contributed by atoms with Crippen LogP contribution >= 0.6 is 24.8 Å². The van der Waals surface area contributed by atoms with Crippen LogP contribution < -0.4 is 5.73 Å². The number of nitrogens with zero attached hydrogens (tertiary/aromatic N) is 2. The number of hydrogen-bond acceptors (Lipinski definition) is 4. The molecule has 1 atom stereocenters. The van der Waals surface area contributed by atoms with E-state index >= 15 is 0 Å². The molecule has 1 amide bonds. The molecule has 0 fully saturated rings. The van der Waals surface area contributed by atoms with Crippen molar-refractivity contribution in [2.75, 3.05) is 6.54 Å². The summed E-state index contributed by atoms with van der Waals surface area (Å²) in [6.07, 6.45) is 0.831. The van der Waals surface area contributed by atoms with Gasteiger partial charge in [-0.2, -0.15) is 5.01 Å². The number of rotatable bonds is 6. The number of hydrogen-bond donors (Lipinski definition) is 1. The molecule has 0 aromatic heterocycles. The standard InChI is InChI=1S/C24H21F2N3O2.2ClH/c25-19-12-13-21(26)20(16-19)22-28-29(23(30)17-8-3-1-4-9-17)24(31-22,14-7-15-27)18-10-5-2-6-11-18;;/h1-6,8-13,16H,7,14-15,27H2;2*1H. The topological polar surface area (TPSA) is 67.9 Å². The Morgan fingerprint density at radius 1 is 0.970 bits per heavy atom. The Hall–Kier alpha value is -3.00. The zero-order valence-electron chi connectivity index (χ0n) is 17.5. The Morgan fingerprint density at radius 2 is 1.61 bits per heavy atom. The van der Waals surface area contributed by atoms with Crippen LogP contribution in [0.2, 0.25) is 0 Å². The van der Waals surface area contributed by atoms with Crippen LogP contribution in [-0.4, -0.2) is 23.4 Å². The van der Waals surface area contributed by atoms with Crippen LogP contribution in [0, 0.1) is 11.6 Å². The number of halogens is 4. The highest BCUT2D eigenvalue weighted by molar-refractivity contribution is 6.00. The van der Waals surface area contributed by atoms with E-state index in [2.05, 4.69) is 5.10 Å². The molecule has 0 spiro atoms. The second-order valence-corrected chi connectivity index (χ2v) is 7.16. The van der Waals surface area contributed by atoms with Crippen molar-refractivity contribution in [1.82, 2.24) is 5.01 Å². The number of carbonyl (C=O) groups excluding carboxylic acids is 1. The van der Waals surface area contributed by atoms with E-state index in [-0.39, 0.29) is 36.3 Å². The number of carbonyl (C=O) groups is 1. The lowest BCUT2D eigenvalue weighted by Gasteiger charge is -2.35. The summed E-state index contributed by atoms with van der Waals surface area (Å²) in [4.78, 5) is 13.5. The lowest BCUT2D eigenvalue weighted by Crippen LogP contribution is -2.45. The fourth-order valence-corrected chi connectivity index (χ4v) is 3.60. The van der Waals surface area contributed by atoms with Crippen LogP contribution in [0.5, 0.6) is 0 Å². The van der Waals surface area contributed by atoms with E-state index in [1.807, 2.05) is 30.3 Å². The molecule has 0 saturated carbocycles. The average Bonchev–Trinajstić information content (AvgIpc) is 3.20. The molecule has 1 aliphatic heterocycles. The van der Waals surface area contributed by atoms with Gasteiger partial charge in [0.05, 0.1) is 5.56 Å². The molecule has 33 heavy (non-hydrogen) atoms. The van der Waals surface area contributed by atoms with Crippen LogP contribution in [0.1, 0.15) is 34.3 Å². The van der Waals surface area contributed by atoms with Crippen molar-refractivity contribution in [2.45, 2.75) is 18.6 Å². The fourth-order valence-electron chi connectivity index (χ4n) is 3.60. The van der Waals surface area contributed by atoms with Crippen molar-refractivity contribution >= 4 is 36.6 Å². The minimum absolute atomic E-state index is 0. The summed E-state index contributed by atoms with van der Waals surface area (Å²) in [5, 5.41) is 5.57.